The standard InChI is InChI=1S/C13H18ClN3O/c1-9-7-11(4-6-17(9)2)16-13(18)10-3-5-15-12(14)8-10/h3,5,8-9,11H,4,6-7H2,1-2H3,(H,16,18). The predicted octanol–water partition coefficient (Wildman–Crippen LogP) is 1.95. The summed E-state index contributed by atoms with van der Waals surface area (Å²) in [6.45, 7) is 3.20. The van der Waals surface area contributed by atoms with Crippen molar-refractivity contribution in [3.05, 3.63) is 29.0 Å². The van der Waals surface area contributed by atoms with Crippen molar-refractivity contribution in [2.45, 2.75) is 31.8 Å². The molecule has 4 nitrogen and oxygen atoms in total. The van der Waals surface area contributed by atoms with Gasteiger partial charge in [-0.3, -0.25) is 4.79 Å². The molecule has 2 atom stereocenters. The summed E-state index contributed by atoms with van der Waals surface area (Å²) in [5.41, 5.74) is 0.571. The molecule has 2 rings (SSSR count). The van der Waals surface area contributed by atoms with Crippen LogP contribution < -0.4 is 5.32 Å². The first-order chi connectivity index (χ1) is 8.56. The Kier molecular flexibility index (Phi) is 4.19. The Morgan fingerprint density at radius 1 is 1.61 bits per heavy atom. The number of aromatic nitrogens is 1. The minimum Gasteiger partial charge on any atom is -0.349 e. The van der Waals surface area contributed by atoms with Gasteiger partial charge in [0.2, 0.25) is 0 Å². The summed E-state index contributed by atoms with van der Waals surface area (Å²) in [7, 11) is 2.12. The molecule has 2 unspecified atom stereocenters. The fraction of sp³-hybridized carbons (Fsp3) is 0.538. The molecule has 1 aliphatic rings. The molecule has 0 spiro atoms. The summed E-state index contributed by atoms with van der Waals surface area (Å²) in [4.78, 5) is 18.2. The highest BCUT2D eigenvalue weighted by Gasteiger charge is 2.24. The highest BCUT2D eigenvalue weighted by Crippen LogP contribution is 2.16. The molecular weight excluding hydrogens is 250 g/mol. The number of carbonyl (C=O) groups excluding carboxylic acids is 1. The Balaban J connectivity index is 1.96. The zero-order valence-electron chi connectivity index (χ0n) is 10.7. The van der Waals surface area contributed by atoms with Crippen molar-refractivity contribution in [2.24, 2.45) is 0 Å². The molecule has 1 amide bonds. The lowest BCUT2D eigenvalue weighted by atomic mass is 9.98. The van der Waals surface area contributed by atoms with Gasteiger partial charge >= 0.3 is 0 Å². The lowest BCUT2D eigenvalue weighted by Crippen LogP contribution is -2.47. The van der Waals surface area contributed by atoms with Crippen LogP contribution in [0.3, 0.4) is 0 Å². The van der Waals surface area contributed by atoms with Crippen molar-refractivity contribution in [3.63, 3.8) is 0 Å². The predicted molar refractivity (Wildman–Crippen MR) is 71.8 cm³/mol. The molecule has 1 aromatic heterocycles. The Bertz CT molecular complexity index is 438. The average Bonchev–Trinajstić information content (AvgIpc) is 2.34. The number of amides is 1. The van der Waals surface area contributed by atoms with Crippen LogP contribution in [0.1, 0.15) is 30.1 Å². The van der Waals surface area contributed by atoms with Gasteiger partial charge in [-0.05, 0) is 38.9 Å². The molecule has 0 bridgehead atoms. The van der Waals surface area contributed by atoms with Crippen molar-refractivity contribution in [1.82, 2.24) is 15.2 Å². The van der Waals surface area contributed by atoms with E-state index in [4.69, 9.17) is 11.6 Å². The molecule has 0 radical (unpaired) electrons. The third-order valence-electron chi connectivity index (χ3n) is 3.53. The van der Waals surface area contributed by atoms with Gasteiger partial charge in [0, 0.05) is 30.4 Å². The third-order valence-corrected chi connectivity index (χ3v) is 3.74. The van der Waals surface area contributed by atoms with E-state index in [9.17, 15) is 4.79 Å². The van der Waals surface area contributed by atoms with Crippen molar-refractivity contribution >= 4 is 17.5 Å². The maximum absolute atomic E-state index is 12.0. The van der Waals surface area contributed by atoms with Crippen LogP contribution in [0.4, 0.5) is 0 Å². The van der Waals surface area contributed by atoms with Crippen LogP contribution in [-0.4, -0.2) is 41.5 Å². The van der Waals surface area contributed by atoms with Crippen LogP contribution >= 0.6 is 11.6 Å². The second-order valence-electron chi connectivity index (χ2n) is 4.89. The van der Waals surface area contributed by atoms with Crippen LogP contribution in [0.5, 0.6) is 0 Å². The summed E-state index contributed by atoms with van der Waals surface area (Å²) >= 11 is 5.78. The third kappa shape index (κ3) is 3.21. The lowest BCUT2D eigenvalue weighted by Gasteiger charge is -2.35. The van der Waals surface area contributed by atoms with Crippen LogP contribution in [0, 0.1) is 0 Å². The van der Waals surface area contributed by atoms with Gasteiger partial charge in [-0.25, -0.2) is 4.98 Å². The largest absolute Gasteiger partial charge is 0.349 e. The topological polar surface area (TPSA) is 45.2 Å². The molecule has 1 fully saturated rings. The number of piperidine rings is 1. The molecule has 0 aromatic carbocycles. The molecule has 18 heavy (non-hydrogen) atoms. The molecule has 5 heteroatoms. The fourth-order valence-corrected chi connectivity index (χ4v) is 2.41. The second kappa shape index (κ2) is 5.67. The van der Waals surface area contributed by atoms with Crippen molar-refractivity contribution in [1.29, 1.82) is 0 Å². The van der Waals surface area contributed by atoms with Crippen molar-refractivity contribution < 1.29 is 4.79 Å². The van der Waals surface area contributed by atoms with Gasteiger partial charge in [0.05, 0.1) is 0 Å². The number of nitrogens with one attached hydrogen (secondary N) is 1. The lowest BCUT2D eigenvalue weighted by molar-refractivity contribution is 0.0896. The van der Waals surface area contributed by atoms with E-state index in [1.165, 1.54) is 0 Å². The Labute approximate surface area is 112 Å². The number of rotatable bonds is 2. The van der Waals surface area contributed by atoms with Gasteiger partial charge in [-0.15, -0.1) is 0 Å². The van der Waals surface area contributed by atoms with E-state index in [1.807, 2.05) is 0 Å². The summed E-state index contributed by atoms with van der Waals surface area (Å²) in [5.74, 6) is -0.0685. The van der Waals surface area contributed by atoms with Gasteiger partial charge in [0.25, 0.3) is 5.91 Å². The molecule has 1 N–H and O–H groups in total. The number of nitrogens with zero attached hydrogens (tertiary/aromatic N) is 2. The number of hydrogen-bond donors (Lipinski definition) is 1. The van der Waals surface area contributed by atoms with Crippen molar-refractivity contribution in [2.75, 3.05) is 13.6 Å². The van der Waals surface area contributed by atoms with Crippen molar-refractivity contribution in [3.8, 4) is 0 Å². The molecule has 0 aliphatic carbocycles. The van der Waals surface area contributed by atoms with E-state index in [2.05, 4.69) is 29.2 Å². The molecule has 1 saturated heterocycles. The second-order valence-corrected chi connectivity index (χ2v) is 5.28. The molecule has 1 aliphatic heterocycles. The summed E-state index contributed by atoms with van der Waals surface area (Å²) in [6, 6.07) is 4.02. The highest BCUT2D eigenvalue weighted by atomic mass is 35.5. The molecular formula is C13H18ClN3O. The summed E-state index contributed by atoms with van der Waals surface area (Å²) in [5, 5.41) is 3.41. The maximum Gasteiger partial charge on any atom is 0.251 e. The highest BCUT2D eigenvalue weighted by molar-refractivity contribution is 6.29. The van der Waals surface area contributed by atoms with E-state index >= 15 is 0 Å². The zero-order valence-corrected chi connectivity index (χ0v) is 11.4. The Hall–Kier alpha value is -1.13. The van der Waals surface area contributed by atoms with E-state index < -0.39 is 0 Å². The van der Waals surface area contributed by atoms with Crippen LogP contribution in [0.2, 0.25) is 5.15 Å². The van der Waals surface area contributed by atoms with Crippen LogP contribution in [0.15, 0.2) is 18.3 Å². The first kappa shape index (κ1) is 13.3. The number of hydrogen-bond acceptors (Lipinski definition) is 3. The molecule has 2 heterocycles. The van der Waals surface area contributed by atoms with Crippen LogP contribution in [-0.2, 0) is 0 Å². The number of likely N-dealkylation sites (tertiary alicyclic amines) is 1. The summed E-state index contributed by atoms with van der Waals surface area (Å²) < 4.78 is 0. The quantitative estimate of drug-likeness (QED) is 0.833. The van der Waals surface area contributed by atoms with E-state index in [0.717, 1.165) is 19.4 Å². The normalized spacial score (nSPS) is 24.8. The van der Waals surface area contributed by atoms with E-state index in [1.54, 1.807) is 18.3 Å². The minimum absolute atomic E-state index is 0.0685. The molecule has 98 valence electrons. The van der Waals surface area contributed by atoms with Crippen LogP contribution in [0.25, 0.3) is 0 Å². The first-order valence-electron chi connectivity index (χ1n) is 6.19. The zero-order chi connectivity index (χ0) is 13.1. The smallest absolute Gasteiger partial charge is 0.251 e. The maximum atomic E-state index is 12.0. The number of halogens is 1. The van der Waals surface area contributed by atoms with Gasteiger partial charge in [-0.2, -0.15) is 0 Å². The Morgan fingerprint density at radius 2 is 2.39 bits per heavy atom. The van der Waals surface area contributed by atoms with Gasteiger partial charge < -0.3 is 10.2 Å². The fourth-order valence-electron chi connectivity index (χ4n) is 2.23. The first-order valence-corrected chi connectivity index (χ1v) is 6.56. The minimum atomic E-state index is -0.0685. The number of carbonyl (C=O) groups is 1. The average molecular weight is 268 g/mol. The molecule has 0 saturated carbocycles. The Morgan fingerprint density at radius 3 is 3.06 bits per heavy atom. The SMILES string of the molecule is CC1CC(NC(=O)c2ccnc(Cl)c2)CCN1C. The van der Waals surface area contributed by atoms with E-state index in [-0.39, 0.29) is 11.9 Å². The number of pyridine rings is 1. The summed E-state index contributed by atoms with van der Waals surface area (Å²) in [6.07, 6.45) is 3.53. The van der Waals surface area contributed by atoms with Gasteiger partial charge in [0.15, 0.2) is 0 Å². The van der Waals surface area contributed by atoms with Gasteiger partial charge in [-0.1, -0.05) is 11.6 Å². The molecule has 1 aromatic rings. The van der Waals surface area contributed by atoms with E-state index in [0.29, 0.717) is 16.8 Å². The monoisotopic (exact) mass is 267 g/mol. The van der Waals surface area contributed by atoms with Gasteiger partial charge in [0.1, 0.15) is 5.15 Å².